The van der Waals surface area contributed by atoms with Crippen molar-refractivity contribution in [1.82, 2.24) is 4.90 Å². The van der Waals surface area contributed by atoms with Crippen LogP contribution in [0.15, 0.2) is 36.0 Å². The molecule has 5 aliphatic rings. The normalized spacial score (nSPS) is 29.6. The third-order valence-electron chi connectivity index (χ3n) is 17.3. The van der Waals surface area contributed by atoms with E-state index in [9.17, 15) is 0 Å². The molecule has 1 unspecified atom stereocenters. The third kappa shape index (κ3) is 17.8. The molecule has 6 heteroatoms. The van der Waals surface area contributed by atoms with Crippen LogP contribution < -0.4 is 0 Å². The van der Waals surface area contributed by atoms with Crippen molar-refractivity contribution in [1.29, 1.82) is 0 Å². The van der Waals surface area contributed by atoms with Crippen LogP contribution in [0.5, 0.6) is 0 Å². The lowest BCUT2D eigenvalue weighted by Crippen LogP contribution is -2.51. The molecule has 6 nitrogen and oxygen atoms in total. The van der Waals surface area contributed by atoms with Gasteiger partial charge in [-0.3, -0.25) is 4.90 Å². The van der Waals surface area contributed by atoms with Crippen LogP contribution in [-0.2, 0) is 23.7 Å². The zero-order valence-corrected chi connectivity index (χ0v) is 42.9. The summed E-state index contributed by atoms with van der Waals surface area (Å²) in [6.07, 6.45) is 45.6. The monoisotopic (exact) mass is 894 g/mol. The summed E-state index contributed by atoms with van der Waals surface area (Å²) in [4.78, 5) is 2.46. The predicted octanol–water partition coefficient (Wildman–Crippen LogP) is 14.8. The van der Waals surface area contributed by atoms with E-state index in [1.807, 2.05) is 0 Å². The Labute approximate surface area is 396 Å². The summed E-state index contributed by atoms with van der Waals surface area (Å²) < 4.78 is 30.8. The molecule has 1 saturated heterocycles. The molecule has 0 bridgehead atoms. The maximum Gasteiger partial charge on any atom is 0.0936 e. The van der Waals surface area contributed by atoms with Crippen molar-refractivity contribution in [2.75, 3.05) is 72.5 Å². The summed E-state index contributed by atoms with van der Waals surface area (Å²) in [6.45, 7) is 23.5. The first-order valence-corrected chi connectivity index (χ1v) is 27.9. The molecule has 0 spiro atoms. The molecule has 0 radical (unpaired) electrons. The fourth-order valence-corrected chi connectivity index (χ4v) is 13.4. The maximum atomic E-state index is 6.52. The zero-order chi connectivity index (χ0) is 45.3. The quantitative estimate of drug-likeness (QED) is 0.0474. The second-order valence-corrected chi connectivity index (χ2v) is 22.4. The number of allylic oxidation sites excluding steroid dienone is 5. The number of ether oxygens (including phenoxy) is 5. The van der Waals surface area contributed by atoms with E-state index in [-0.39, 0.29) is 6.10 Å². The molecule has 9 atom stereocenters. The summed E-state index contributed by atoms with van der Waals surface area (Å²) in [6, 6.07) is 0. The SMILES string of the molecule is CCCCCC=CCC=CCCCCCCCCCCOCC(CN1CCOCC1)OCCOCCO[C@H]1CC[C@@]2(C)C(=CC[C@H]3[C@@H]4CC[C@H]([C@H](C)CCCC(C)C)[C@@]4(C)CC[C@@H]32)C1. The average Bonchev–Trinajstić information content (AvgIpc) is 3.65. The number of rotatable bonds is 34. The van der Waals surface area contributed by atoms with Crippen molar-refractivity contribution in [3.8, 4) is 0 Å². The van der Waals surface area contributed by atoms with Crippen LogP contribution in [0.2, 0.25) is 0 Å². The molecule has 0 aromatic carbocycles. The molecule has 4 aliphatic carbocycles. The van der Waals surface area contributed by atoms with E-state index in [0.29, 0.717) is 50.0 Å². The Bertz CT molecular complexity index is 1310. The van der Waals surface area contributed by atoms with Gasteiger partial charge in [0.15, 0.2) is 0 Å². The Morgan fingerprint density at radius 1 is 0.719 bits per heavy atom. The van der Waals surface area contributed by atoms with Gasteiger partial charge in [0.1, 0.15) is 0 Å². The van der Waals surface area contributed by atoms with Crippen molar-refractivity contribution in [2.24, 2.45) is 46.3 Å². The minimum absolute atomic E-state index is 0.0656. The summed E-state index contributed by atoms with van der Waals surface area (Å²) in [5, 5.41) is 0. The van der Waals surface area contributed by atoms with Crippen molar-refractivity contribution in [3.63, 3.8) is 0 Å². The Kier molecular flexibility index (Phi) is 25.7. The van der Waals surface area contributed by atoms with Crippen molar-refractivity contribution in [3.05, 3.63) is 36.0 Å². The molecule has 4 fully saturated rings. The van der Waals surface area contributed by atoms with Crippen LogP contribution in [0.4, 0.5) is 0 Å². The molecule has 0 N–H and O–H groups in total. The molecule has 1 heterocycles. The third-order valence-corrected chi connectivity index (χ3v) is 17.3. The summed E-state index contributed by atoms with van der Waals surface area (Å²) >= 11 is 0. The van der Waals surface area contributed by atoms with Gasteiger partial charge in [-0.05, 0) is 136 Å². The van der Waals surface area contributed by atoms with Crippen LogP contribution in [0, 0.1) is 46.3 Å². The van der Waals surface area contributed by atoms with Crippen molar-refractivity contribution < 1.29 is 23.7 Å². The van der Waals surface area contributed by atoms with Gasteiger partial charge >= 0.3 is 0 Å². The lowest BCUT2D eigenvalue weighted by atomic mass is 9.47. The van der Waals surface area contributed by atoms with E-state index in [2.05, 4.69) is 76.8 Å². The molecular weight excluding hydrogens is 791 g/mol. The second-order valence-electron chi connectivity index (χ2n) is 22.4. The first-order valence-electron chi connectivity index (χ1n) is 27.9. The summed E-state index contributed by atoms with van der Waals surface area (Å²) in [7, 11) is 0. The second kappa shape index (κ2) is 30.5. The molecule has 0 amide bonds. The van der Waals surface area contributed by atoms with Crippen LogP contribution in [-0.4, -0.2) is 89.6 Å². The fraction of sp³-hybridized carbons (Fsp3) is 0.897. The maximum absolute atomic E-state index is 6.52. The average molecular weight is 894 g/mol. The number of fused-ring (bicyclic) bond motifs is 5. The van der Waals surface area contributed by atoms with Gasteiger partial charge in [-0.15, -0.1) is 0 Å². The predicted molar refractivity (Wildman–Crippen MR) is 270 cm³/mol. The lowest BCUT2D eigenvalue weighted by Gasteiger charge is -2.58. The van der Waals surface area contributed by atoms with E-state index in [1.54, 1.807) is 5.57 Å². The van der Waals surface area contributed by atoms with Gasteiger partial charge in [0.05, 0.1) is 58.5 Å². The van der Waals surface area contributed by atoms with Crippen molar-refractivity contribution in [2.45, 2.75) is 214 Å². The number of hydrogen-bond acceptors (Lipinski definition) is 6. The van der Waals surface area contributed by atoms with E-state index >= 15 is 0 Å². The highest BCUT2D eigenvalue weighted by Crippen LogP contribution is 2.67. The number of hydrogen-bond donors (Lipinski definition) is 0. The van der Waals surface area contributed by atoms with Crippen LogP contribution in [0.25, 0.3) is 0 Å². The van der Waals surface area contributed by atoms with Gasteiger partial charge < -0.3 is 23.7 Å². The Balaban J connectivity index is 0.893. The number of nitrogens with zero attached hydrogens (tertiary/aromatic N) is 1. The molecule has 64 heavy (non-hydrogen) atoms. The molecule has 370 valence electrons. The van der Waals surface area contributed by atoms with Crippen LogP contribution >= 0.6 is 0 Å². The summed E-state index contributed by atoms with van der Waals surface area (Å²) in [5.74, 6) is 5.34. The van der Waals surface area contributed by atoms with E-state index in [0.717, 1.165) is 94.2 Å². The first-order chi connectivity index (χ1) is 31.2. The molecule has 0 aromatic heterocycles. The Hall–Kier alpha value is -1.02. The minimum atomic E-state index is 0.0656. The van der Waals surface area contributed by atoms with E-state index in [1.165, 1.54) is 141 Å². The largest absolute Gasteiger partial charge is 0.379 e. The van der Waals surface area contributed by atoms with Gasteiger partial charge in [-0.25, -0.2) is 0 Å². The topological polar surface area (TPSA) is 49.4 Å². The van der Waals surface area contributed by atoms with Gasteiger partial charge in [0.25, 0.3) is 0 Å². The van der Waals surface area contributed by atoms with Gasteiger partial charge in [0.2, 0.25) is 0 Å². The van der Waals surface area contributed by atoms with Gasteiger partial charge in [0, 0.05) is 26.2 Å². The van der Waals surface area contributed by atoms with E-state index in [4.69, 9.17) is 23.7 Å². The number of morpholine rings is 1. The highest BCUT2D eigenvalue weighted by molar-refractivity contribution is 5.25. The van der Waals surface area contributed by atoms with Crippen LogP contribution in [0.3, 0.4) is 0 Å². The van der Waals surface area contributed by atoms with Crippen molar-refractivity contribution >= 4 is 0 Å². The standard InChI is InChI=1S/C58H103NO5/c1-7-8-9-10-11-12-13-14-15-16-17-18-19-20-21-22-23-24-38-62-47-52(46-59-36-39-60-40-37-59)64-44-42-61-41-43-63-51-32-34-57(5)50(45-51)28-29-53-55-31-30-54(49(4)27-25-26-48(2)3)58(55,6)35-33-56(53)57/h11-12,14-15,28,48-49,51-56H,7-10,13,16-27,29-47H2,1-6H3/t49-,51+,52?,53+,54-,55+,56+,57+,58-/m1/s1. The van der Waals surface area contributed by atoms with Crippen LogP contribution in [0.1, 0.15) is 202 Å². The molecule has 3 saturated carbocycles. The lowest BCUT2D eigenvalue weighted by molar-refractivity contribution is -0.0761. The summed E-state index contributed by atoms with van der Waals surface area (Å²) in [5.41, 5.74) is 2.67. The van der Waals surface area contributed by atoms with E-state index < -0.39 is 0 Å². The molecular formula is C58H103NO5. The first kappa shape index (κ1) is 53.9. The molecule has 5 rings (SSSR count). The fourth-order valence-electron chi connectivity index (χ4n) is 13.4. The number of unbranched alkanes of at least 4 members (excludes halogenated alkanes) is 11. The van der Waals surface area contributed by atoms with Gasteiger partial charge in [-0.2, -0.15) is 0 Å². The Morgan fingerprint density at radius 2 is 1.44 bits per heavy atom. The smallest absolute Gasteiger partial charge is 0.0936 e. The Morgan fingerprint density at radius 3 is 2.19 bits per heavy atom. The van der Waals surface area contributed by atoms with Gasteiger partial charge in [-0.1, -0.05) is 148 Å². The molecule has 0 aromatic rings. The highest BCUT2D eigenvalue weighted by atomic mass is 16.6. The molecule has 1 aliphatic heterocycles. The highest BCUT2D eigenvalue weighted by Gasteiger charge is 2.59. The zero-order valence-electron chi connectivity index (χ0n) is 42.9. The minimum Gasteiger partial charge on any atom is -0.379 e.